The molecule has 1 aromatic heterocycles. The Balaban J connectivity index is 2.00. The molecule has 0 atom stereocenters. The van der Waals surface area contributed by atoms with Crippen LogP contribution >= 0.6 is 0 Å². The number of hydrogen-bond donors (Lipinski definition) is 1. The third-order valence-electron chi connectivity index (χ3n) is 4.09. The molecule has 1 aliphatic heterocycles. The van der Waals surface area contributed by atoms with E-state index in [1.165, 1.54) is 27.7 Å². The van der Waals surface area contributed by atoms with E-state index in [4.69, 9.17) is 5.11 Å². The molecule has 1 N–H and O–H groups in total. The predicted molar refractivity (Wildman–Crippen MR) is 85.6 cm³/mol. The van der Waals surface area contributed by atoms with Gasteiger partial charge in [0.05, 0.1) is 0 Å². The quantitative estimate of drug-likeness (QED) is 0.792. The van der Waals surface area contributed by atoms with Gasteiger partial charge in [0.1, 0.15) is 11.4 Å². The van der Waals surface area contributed by atoms with Crippen molar-refractivity contribution in [3.63, 3.8) is 0 Å². The number of carboxylic acids is 1. The number of amides is 1. The minimum absolute atomic E-state index is 0.135. The van der Waals surface area contributed by atoms with Crippen LogP contribution in [0, 0.1) is 5.92 Å². The number of carboxylic acid groups (broad SMARTS) is 1. The minimum Gasteiger partial charge on any atom is -0.480 e. The Morgan fingerprint density at radius 2 is 2.04 bits per heavy atom. The Morgan fingerprint density at radius 1 is 1.38 bits per heavy atom. The van der Waals surface area contributed by atoms with Gasteiger partial charge < -0.3 is 10.0 Å². The Labute approximate surface area is 141 Å². The summed E-state index contributed by atoms with van der Waals surface area (Å²) in [5.74, 6) is -1.62. The summed E-state index contributed by atoms with van der Waals surface area (Å²) >= 11 is 0. The maximum atomic E-state index is 12.5. The van der Waals surface area contributed by atoms with Gasteiger partial charge in [-0.15, -0.1) is 0 Å². The molecule has 24 heavy (non-hydrogen) atoms. The lowest BCUT2D eigenvalue weighted by atomic mass is 9.96. The standard InChI is InChI=1S/C15H21N3O5S/c1-2-17(11-14(19)20)15(21)12-5-8-18(9-6-12)24(22,23)13-4-3-7-16-10-13/h3-4,7,10,12H,2,5-6,8-9,11H2,1H3,(H,19,20). The number of pyridine rings is 1. The molecular formula is C15H21N3O5S. The maximum absolute atomic E-state index is 12.5. The molecule has 0 spiro atoms. The third-order valence-corrected chi connectivity index (χ3v) is 5.98. The summed E-state index contributed by atoms with van der Waals surface area (Å²) in [7, 11) is -3.60. The molecule has 0 radical (unpaired) electrons. The second kappa shape index (κ2) is 7.71. The van der Waals surface area contributed by atoms with Crippen LogP contribution < -0.4 is 0 Å². The Bertz CT molecular complexity index is 684. The van der Waals surface area contributed by atoms with Crippen LogP contribution in [0.1, 0.15) is 19.8 Å². The zero-order chi connectivity index (χ0) is 17.7. The van der Waals surface area contributed by atoms with Crippen LogP contribution in [0.5, 0.6) is 0 Å². The molecule has 9 heteroatoms. The molecular weight excluding hydrogens is 334 g/mol. The van der Waals surface area contributed by atoms with Gasteiger partial charge in [-0.3, -0.25) is 14.6 Å². The fraction of sp³-hybridized carbons (Fsp3) is 0.533. The Kier molecular flexibility index (Phi) is 5.89. The van der Waals surface area contributed by atoms with E-state index in [0.717, 1.165) is 0 Å². The summed E-state index contributed by atoms with van der Waals surface area (Å²) in [6, 6.07) is 3.05. The lowest BCUT2D eigenvalue weighted by molar-refractivity contribution is -0.146. The van der Waals surface area contributed by atoms with Gasteiger partial charge in [0, 0.05) is 37.9 Å². The van der Waals surface area contributed by atoms with Crippen LogP contribution in [-0.4, -0.2) is 65.8 Å². The van der Waals surface area contributed by atoms with Gasteiger partial charge in [-0.05, 0) is 31.9 Å². The number of piperidine rings is 1. The van der Waals surface area contributed by atoms with Crippen LogP contribution in [0.15, 0.2) is 29.4 Å². The Morgan fingerprint density at radius 3 is 2.54 bits per heavy atom. The second-order valence-electron chi connectivity index (χ2n) is 5.61. The minimum atomic E-state index is -3.60. The SMILES string of the molecule is CCN(CC(=O)O)C(=O)C1CCN(S(=O)(=O)c2cccnc2)CC1. The fourth-order valence-electron chi connectivity index (χ4n) is 2.76. The number of carbonyl (C=O) groups excluding carboxylic acids is 1. The Hall–Kier alpha value is -2.00. The monoisotopic (exact) mass is 355 g/mol. The van der Waals surface area contributed by atoms with Crippen molar-refractivity contribution in [1.82, 2.24) is 14.2 Å². The van der Waals surface area contributed by atoms with Gasteiger partial charge in [-0.2, -0.15) is 4.31 Å². The molecule has 2 rings (SSSR count). The number of hydrogen-bond acceptors (Lipinski definition) is 5. The van der Waals surface area contributed by atoms with Crippen molar-refractivity contribution in [2.24, 2.45) is 5.92 Å². The molecule has 0 saturated carbocycles. The van der Waals surface area contributed by atoms with Gasteiger partial charge >= 0.3 is 5.97 Å². The highest BCUT2D eigenvalue weighted by molar-refractivity contribution is 7.89. The highest BCUT2D eigenvalue weighted by atomic mass is 32.2. The van der Waals surface area contributed by atoms with Crippen molar-refractivity contribution < 1.29 is 23.1 Å². The van der Waals surface area contributed by atoms with E-state index in [-0.39, 0.29) is 36.4 Å². The van der Waals surface area contributed by atoms with Crippen molar-refractivity contribution in [1.29, 1.82) is 0 Å². The first-order valence-electron chi connectivity index (χ1n) is 7.77. The van der Waals surface area contributed by atoms with Gasteiger partial charge in [-0.1, -0.05) is 0 Å². The molecule has 1 fully saturated rings. The molecule has 1 aliphatic rings. The lowest BCUT2D eigenvalue weighted by Gasteiger charge is -2.32. The molecule has 8 nitrogen and oxygen atoms in total. The van der Waals surface area contributed by atoms with E-state index >= 15 is 0 Å². The van der Waals surface area contributed by atoms with E-state index in [2.05, 4.69) is 4.98 Å². The van der Waals surface area contributed by atoms with E-state index in [1.807, 2.05) is 0 Å². The van der Waals surface area contributed by atoms with Crippen LogP contribution in [0.2, 0.25) is 0 Å². The summed E-state index contributed by atoms with van der Waals surface area (Å²) in [5, 5.41) is 8.85. The molecule has 2 heterocycles. The van der Waals surface area contributed by atoms with Gasteiger partial charge in [0.15, 0.2) is 0 Å². The smallest absolute Gasteiger partial charge is 0.323 e. The number of carbonyl (C=O) groups is 2. The normalized spacial score (nSPS) is 16.7. The molecule has 0 unspecified atom stereocenters. The van der Waals surface area contributed by atoms with Gasteiger partial charge in [0.2, 0.25) is 15.9 Å². The van der Waals surface area contributed by atoms with Crippen LogP contribution in [0.3, 0.4) is 0 Å². The number of aliphatic carboxylic acids is 1. The van der Waals surface area contributed by atoms with E-state index < -0.39 is 16.0 Å². The van der Waals surface area contributed by atoms with Crippen molar-refractivity contribution in [3.05, 3.63) is 24.5 Å². The first-order valence-corrected chi connectivity index (χ1v) is 9.21. The average Bonchev–Trinajstić information content (AvgIpc) is 2.59. The number of likely N-dealkylation sites (N-methyl/N-ethyl adjacent to an activating group) is 1. The number of rotatable bonds is 6. The second-order valence-corrected chi connectivity index (χ2v) is 7.55. The summed E-state index contributed by atoms with van der Waals surface area (Å²) in [6.45, 7) is 2.18. The largest absolute Gasteiger partial charge is 0.480 e. The molecule has 0 bridgehead atoms. The zero-order valence-electron chi connectivity index (χ0n) is 13.5. The van der Waals surface area contributed by atoms with Crippen molar-refractivity contribution in [2.75, 3.05) is 26.2 Å². The van der Waals surface area contributed by atoms with Crippen molar-refractivity contribution >= 4 is 21.9 Å². The first kappa shape index (κ1) is 18.3. The molecule has 0 aliphatic carbocycles. The van der Waals surface area contributed by atoms with Gasteiger partial charge in [-0.25, -0.2) is 8.42 Å². The van der Waals surface area contributed by atoms with Crippen LogP contribution in [0.4, 0.5) is 0 Å². The molecule has 132 valence electrons. The summed E-state index contributed by atoms with van der Waals surface area (Å²) < 4.78 is 26.4. The molecule has 1 aromatic rings. The van der Waals surface area contributed by atoms with E-state index in [1.54, 1.807) is 13.0 Å². The zero-order valence-corrected chi connectivity index (χ0v) is 14.3. The molecule has 1 saturated heterocycles. The number of sulfonamides is 1. The van der Waals surface area contributed by atoms with Crippen molar-refractivity contribution in [2.45, 2.75) is 24.7 Å². The number of nitrogens with zero attached hydrogens (tertiary/aromatic N) is 3. The van der Waals surface area contributed by atoms with E-state index in [0.29, 0.717) is 19.4 Å². The highest BCUT2D eigenvalue weighted by Gasteiger charge is 2.33. The fourth-order valence-corrected chi connectivity index (χ4v) is 4.19. The van der Waals surface area contributed by atoms with Gasteiger partial charge in [0.25, 0.3) is 0 Å². The summed E-state index contributed by atoms with van der Waals surface area (Å²) in [6.07, 6.45) is 3.58. The first-order chi connectivity index (χ1) is 11.4. The molecule has 0 aromatic carbocycles. The van der Waals surface area contributed by atoms with E-state index in [9.17, 15) is 18.0 Å². The summed E-state index contributed by atoms with van der Waals surface area (Å²) in [4.78, 5) is 28.4. The summed E-state index contributed by atoms with van der Waals surface area (Å²) in [5.41, 5.74) is 0. The van der Waals surface area contributed by atoms with Crippen LogP contribution in [0.25, 0.3) is 0 Å². The number of aromatic nitrogens is 1. The topological polar surface area (TPSA) is 108 Å². The molecule has 1 amide bonds. The van der Waals surface area contributed by atoms with Crippen LogP contribution in [-0.2, 0) is 19.6 Å². The average molecular weight is 355 g/mol. The third kappa shape index (κ3) is 4.09. The highest BCUT2D eigenvalue weighted by Crippen LogP contribution is 2.24. The maximum Gasteiger partial charge on any atom is 0.323 e. The predicted octanol–water partition coefficient (Wildman–Crippen LogP) is 0.415. The van der Waals surface area contributed by atoms with Crippen molar-refractivity contribution in [3.8, 4) is 0 Å². The lowest BCUT2D eigenvalue weighted by Crippen LogP contribution is -2.45.